The van der Waals surface area contributed by atoms with Gasteiger partial charge in [-0.1, -0.05) is 23.5 Å². The Bertz CT molecular complexity index is 955. The molecule has 1 amide bonds. The second kappa shape index (κ2) is 8.47. The molecule has 2 atom stereocenters. The monoisotopic (exact) mass is 410 g/mol. The van der Waals surface area contributed by atoms with Crippen LogP contribution in [-0.4, -0.2) is 51.4 Å². The first-order valence-corrected chi connectivity index (χ1v) is 10.8. The summed E-state index contributed by atoms with van der Waals surface area (Å²) >= 11 is 1.49. The van der Waals surface area contributed by atoms with Crippen molar-refractivity contribution in [1.29, 1.82) is 0 Å². The lowest BCUT2D eigenvalue weighted by Gasteiger charge is -2.41. The van der Waals surface area contributed by atoms with E-state index in [0.29, 0.717) is 22.9 Å². The number of thiazole rings is 1. The topological polar surface area (TPSA) is 58.6 Å². The van der Waals surface area contributed by atoms with Gasteiger partial charge < -0.3 is 9.64 Å². The fraction of sp³-hybridized carbons (Fsp3) is 0.409. The molecule has 1 aliphatic rings. The third-order valence-electron chi connectivity index (χ3n) is 5.59. The van der Waals surface area contributed by atoms with E-state index < -0.39 is 0 Å². The molecule has 0 bridgehead atoms. The number of nitrogens with zero attached hydrogens (tertiary/aromatic N) is 4. The Kier molecular flexibility index (Phi) is 5.78. The summed E-state index contributed by atoms with van der Waals surface area (Å²) in [5, 5.41) is 0.601. The lowest BCUT2D eigenvalue weighted by atomic mass is 9.98. The Morgan fingerprint density at radius 1 is 1.28 bits per heavy atom. The first kappa shape index (κ1) is 19.8. The first-order valence-electron chi connectivity index (χ1n) is 9.95. The quantitative estimate of drug-likeness (QED) is 0.627. The number of benzene rings is 1. The van der Waals surface area contributed by atoms with Gasteiger partial charge in [-0.2, -0.15) is 4.98 Å². The van der Waals surface area contributed by atoms with Crippen molar-refractivity contribution in [3.8, 4) is 10.9 Å². The molecule has 1 fully saturated rings. The van der Waals surface area contributed by atoms with E-state index in [1.165, 1.54) is 16.9 Å². The van der Waals surface area contributed by atoms with Gasteiger partial charge in [0.05, 0.1) is 4.70 Å². The SMILES string of the molecule is CC(=O)N1CC(N(C)Cc2ccc(Oc3nc4ncccc4s3)cc2)CCC1C. The minimum absolute atomic E-state index is 0.169. The summed E-state index contributed by atoms with van der Waals surface area (Å²) in [6, 6.07) is 12.8. The molecule has 2 unspecified atom stereocenters. The number of hydrogen-bond donors (Lipinski definition) is 0. The maximum Gasteiger partial charge on any atom is 0.281 e. The van der Waals surface area contributed by atoms with Crippen LogP contribution < -0.4 is 4.74 Å². The van der Waals surface area contributed by atoms with Gasteiger partial charge in [0.25, 0.3) is 5.19 Å². The van der Waals surface area contributed by atoms with E-state index in [2.05, 4.69) is 41.0 Å². The van der Waals surface area contributed by atoms with Gasteiger partial charge in [0, 0.05) is 38.3 Å². The Balaban J connectivity index is 1.37. The summed E-state index contributed by atoms with van der Waals surface area (Å²) < 4.78 is 6.92. The number of fused-ring (bicyclic) bond motifs is 1. The summed E-state index contributed by atoms with van der Waals surface area (Å²) in [7, 11) is 2.14. The molecule has 2 aromatic heterocycles. The summed E-state index contributed by atoms with van der Waals surface area (Å²) in [5.74, 6) is 0.937. The van der Waals surface area contributed by atoms with Crippen LogP contribution in [0.1, 0.15) is 32.3 Å². The largest absolute Gasteiger partial charge is 0.431 e. The van der Waals surface area contributed by atoms with E-state index in [-0.39, 0.29) is 5.91 Å². The molecule has 7 heteroatoms. The van der Waals surface area contributed by atoms with Gasteiger partial charge in [0.15, 0.2) is 5.65 Å². The van der Waals surface area contributed by atoms with Crippen molar-refractivity contribution in [3.63, 3.8) is 0 Å². The number of hydrogen-bond acceptors (Lipinski definition) is 6. The maximum absolute atomic E-state index is 11.9. The molecule has 0 N–H and O–H groups in total. The summed E-state index contributed by atoms with van der Waals surface area (Å²) in [4.78, 5) is 24.9. The zero-order valence-corrected chi connectivity index (χ0v) is 17.9. The van der Waals surface area contributed by atoms with Gasteiger partial charge in [-0.05, 0) is 56.6 Å². The highest BCUT2D eigenvalue weighted by Crippen LogP contribution is 2.30. The smallest absolute Gasteiger partial charge is 0.281 e. The van der Waals surface area contributed by atoms with E-state index in [1.54, 1.807) is 13.1 Å². The van der Waals surface area contributed by atoms with E-state index in [4.69, 9.17) is 4.74 Å². The predicted molar refractivity (Wildman–Crippen MR) is 115 cm³/mol. The van der Waals surface area contributed by atoms with E-state index in [9.17, 15) is 4.79 Å². The second-order valence-electron chi connectivity index (χ2n) is 7.72. The molecule has 1 aromatic carbocycles. The van der Waals surface area contributed by atoms with Crippen LogP contribution in [0.15, 0.2) is 42.6 Å². The highest BCUT2D eigenvalue weighted by molar-refractivity contribution is 7.20. The van der Waals surface area contributed by atoms with Crippen molar-refractivity contribution in [2.45, 2.75) is 45.3 Å². The van der Waals surface area contributed by atoms with Crippen molar-refractivity contribution in [1.82, 2.24) is 19.8 Å². The molecule has 0 aliphatic carbocycles. The number of likely N-dealkylation sites (N-methyl/N-ethyl adjacent to an activating group) is 1. The van der Waals surface area contributed by atoms with Gasteiger partial charge in [-0.15, -0.1) is 0 Å². The molecule has 0 saturated carbocycles. The molecular formula is C22H26N4O2S. The molecule has 3 aromatic rings. The summed E-state index contributed by atoms with van der Waals surface area (Å²) in [6.45, 7) is 5.45. The number of aromatic nitrogens is 2. The van der Waals surface area contributed by atoms with Crippen molar-refractivity contribution in [2.75, 3.05) is 13.6 Å². The third kappa shape index (κ3) is 4.57. The maximum atomic E-state index is 11.9. The second-order valence-corrected chi connectivity index (χ2v) is 8.71. The zero-order chi connectivity index (χ0) is 20.4. The van der Waals surface area contributed by atoms with Crippen LogP contribution in [0.25, 0.3) is 10.3 Å². The first-order chi connectivity index (χ1) is 14.0. The lowest BCUT2D eigenvalue weighted by Crippen LogP contribution is -2.51. The molecule has 1 saturated heterocycles. The van der Waals surface area contributed by atoms with Gasteiger partial charge in [-0.3, -0.25) is 9.69 Å². The van der Waals surface area contributed by atoms with E-state index in [0.717, 1.165) is 36.4 Å². The minimum atomic E-state index is 0.169. The molecule has 3 heterocycles. The molecule has 0 radical (unpaired) electrons. The van der Waals surface area contributed by atoms with Crippen LogP contribution >= 0.6 is 11.3 Å². The number of pyridine rings is 1. The Labute approximate surface area is 175 Å². The van der Waals surface area contributed by atoms with E-state index >= 15 is 0 Å². The number of carbonyl (C=O) groups is 1. The molecule has 0 spiro atoms. The highest BCUT2D eigenvalue weighted by Gasteiger charge is 2.29. The Hall–Kier alpha value is -2.51. The summed E-state index contributed by atoms with van der Waals surface area (Å²) in [6.07, 6.45) is 3.91. The number of likely N-dealkylation sites (tertiary alicyclic amines) is 1. The molecule has 4 rings (SSSR count). The lowest BCUT2D eigenvalue weighted by molar-refractivity contribution is -0.133. The van der Waals surface area contributed by atoms with Gasteiger partial charge in [-0.25, -0.2) is 4.98 Å². The normalized spacial score (nSPS) is 19.7. The fourth-order valence-corrected chi connectivity index (χ4v) is 4.65. The molecule has 1 aliphatic heterocycles. The number of amides is 1. The van der Waals surface area contributed by atoms with Gasteiger partial charge >= 0.3 is 0 Å². The van der Waals surface area contributed by atoms with Crippen LogP contribution in [0.5, 0.6) is 10.9 Å². The Morgan fingerprint density at radius 2 is 2.07 bits per heavy atom. The molecule has 152 valence electrons. The molecule has 6 nitrogen and oxygen atoms in total. The average molecular weight is 411 g/mol. The van der Waals surface area contributed by atoms with Crippen LogP contribution in [-0.2, 0) is 11.3 Å². The molecule has 29 heavy (non-hydrogen) atoms. The van der Waals surface area contributed by atoms with Crippen LogP contribution in [0.4, 0.5) is 0 Å². The van der Waals surface area contributed by atoms with Crippen molar-refractivity contribution in [2.24, 2.45) is 0 Å². The third-order valence-corrected chi connectivity index (χ3v) is 6.48. The number of piperidine rings is 1. The van der Waals surface area contributed by atoms with Crippen LogP contribution in [0, 0.1) is 0 Å². The van der Waals surface area contributed by atoms with Crippen molar-refractivity contribution in [3.05, 3.63) is 48.2 Å². The summed E-state index contributed by atoms with van der Waals surface area (Å²) in [5.41, 5.74) is 1.94. The van der Waals surface area contributed by atoms with Crippen LogP contribution in [0.2, 0.25) is 0 Å². The number of carbonyl (C=O) groups excluding carboxylic acids is 1. The van der Waals surface area contributed by atoms with Gasteiger partial charge in [0.1, 0.15) is 5.75 Å². The average Bonchev–Trinajstić information content (AvgIpc) is 3.12. The predicted octanol–water partition coefficient (Wildman–Crippen LogP) is 4.31. The number of ether oxygens (including phenoxy) is 1. The highest BCUT2D eigenvalue weighted by atomic mass is 32.1. The standard InChI is InChI=1S/C22H26N4O2S/c1-15-6-9-18(14-26(15)16(2)27)25(3)13-17-7-10-19(11-8-17)28-22-24-21-20(29-22)5-4-12-23-21/h4-5,7-8,10-12,15,18H,6,9,13-14H2,1-3H3. The fourth-order valence-electron chi connectivity index (χ4n) is 3.86. The van der Waals surface area contributed by atoms with Crippen molar-refractivity contribution < 1.29 is 9.53 Å². The minimum Gasteiger partial charge on any atom is -0.431 e. The number of rotatable bonds is 5. The van der Waals surface area contributed by atoms with Crippen LogP contribution in [0.3, 0.4) is 0 Å². The van der Waals surface area contributed by atoms with E-state index in [1.807, 2.05) is 29.2 Å². The van der Waals surface area contributed by atoms with Crippen molar-refractivity contribution >= 4 is 27.6 Å². The zero-order valence-electron chi connectivity index (χ0n) is 17.0. The Morgan fingerprint density at radius 3 is 2.79 bits per heavy atom. The van der Waals surface area contributed by atoms with Gasteiger partial charge in [0.2, 0.25) is 5.91 Å². The molecular weight excluding hydrogens is 384 g/mol.